The van der Waals surface area contributed by atoms with Crippen molar-refractivity contribution in [2.75, 3.05) is 5.32 Å². The molecule has 2 rings (SSSR count). The van der Waals surface area contributed by atoms with Crippen LogP contribution in [0.2, 0.25) is 0 Å². The molecule has 1 heterocycles. The first-order valence-corrected chi connectivity index (χ1v) is 6.06. The third-order valence-electron chi connectivity index (χ3n) is 2.50. The first-order valence-electron chi connectivity index (χ1n) is 5.27. The van der Waals surface area contributed by atoms with Crippen molar-refractivity contribution >= 4 is 21.6 Å². The average Bonchev–Trinajstić information content (AvgIpc) is 2.31. The minimum absolute atomic E-state index is 0.197. The lowest BCUT2D eigenvalue weighted by Crippen LogP contribution is -2.03. The van der Waals surface area contributed by atoms with Crippen LogP contribution in [0.3, 0.4) is 0 Å². The van der Waals surface area contributed by atoms with Crippen LogP contribution in [0.1, 0.15) is 11.3 Å². The van der Waals surface area contributed by atoms with Gasteiger partial charge in [0.1, 0.15) is 10.4 Å². The molecule has 0 unspecified atom stereocenters. The Labute approximate surface area is 108 Å². The summed E-state index contributed by atoms with van der Waals surface area (Å²) in [5, 5.41) is 3.17. The summed E-state index contributed by atoms with van der Waals surface area (Å²) in [6.07, 6.45) is 0. The van der Waals surface area contributed by atoms with Crippen molar-refractivity contribution in [1.29, 1.82) is 0 Å². The van der Waals surface area contributed by atoms with Crippen molar-refractivity contribution in [2.24, 2.45) is 0 Å². The first-order chi connectivity index (χ1) is 8.16. The van der Waals surface area contributed by atoms with Gasteiger partial charge in [-0.15, -0.1) is 0 Å². The monoisotopic (exact) mass is 294 g/mol. The summed E-state index contributed by atoms with van der Waals surface area (Å²) in [6, 6.07) is 10.7. The van der Waals surface area contributed by atoms with E-state index >= 15 is 0 Å². The molecule has 0 aliphatic rings. The lowest BCUT2D eigenvalue weighted by atomic mass is 10.2. The van der Waals surface area contributed by atoms with Crippen LogP contribution < -0.4 is 5.32 Å². The highest BCUT2D eigenvalue weighted by Crippen LogP contribution is 2.18. The number of benzene rings is 1. The van der Waals surface area contributed by atoms with E-state index < -0.39 is 0 Å². The Bertz CT molecular complexity index is 529. The van der Waals surface area contributed by atoms with Crippen LogP contribution in [0.25, 0.3) is 0 Å². The van der Waals surface area contributed by atoms with E-state index in [1.54, 1.807) is 13.0 Å². The van der Waals surface area contributed by atoms with Gasteiger partial charge in [-0.3, -0.25) is 0 Å². The average molecular weight is 295 g/mol. The maximum Gasteiger partial charge on any atom is 0.128 e. The van der Waals surface area contributed by atoms with E-state index in [4.69, 9.17) is 0 Å². The highest BCUT2D eigenvalue weighted by molar-refractivity contribution is 9.10. The third kappa shape index (κ3) is 3.03. The highest BCUT2D eigenvalue weighted by Gasteiger charge is 2.03. The van der Waals surface area contributed by atoms with Crippen molar-refractivity contribution < 1.29 is 4.39 Å². The summed E-state index contributed by atoms with van der Waals surface area (Å²) in [5.74, 6) is -0.197. The van der Waals surface area contributed by atoms with Gasteiger partial charge in [-0.25, -0.2) is 9.37 Å². The molecule has 0 fully saturated rings. The Morgan fingerprint density at radius 1 is 1.24 bits per heavy atom. The molecule has 1 N–H and O–H groups in total. The molecule has 0 spiro atoms. The van der Waals surface area contributed by atoms with Gasteiger partial charge in [0.15, 0.2) is 0 Å². The standard InChI is InChI=1S/C13H12BrFN2/c1-9-11(15)5-3-6-12(9)16-8-10-4-2-7-13(14)17-10/h2-7,16H,8H2,1H3. The zero-order valence-electron chi connectivity index (χ0n) is 9.37. The fourth-order valence-electron chi connectivity index (χ4n) is 1.53. The maximum absolute atomic E-state index is 13.3. The molecule has 2 aromatic rings. The number of aromatic nitrogens is 1. The normalized spacial score (nSPS) is 10.3. The summed E-state index contributed by atoms with van der Waals surface area (Å²) >= 11 is 3.32. The van der Waals surface area contributed by atoms with Gasteiger partial charge in [0.25, 0.3) is 0 Å². The van der Waals surface area contributed by atoms with E-state index in [-0.39, 0.29) is 5.82 Å². The van der Waals surface area contributed by atoms with Crippen LogP contribution in [-0.2, 0) is 6.54 Å². The topological polar surface area (TPSA) is 24.9 Å². The summed E-state index contributed by atoms with van der Waals surface area (Å²) in [7, 11) is 0. The first kappa shape index (κ1) is 12.0. The number of hydrogen-bond donors (Lipinski definition) is 1. The van der Waals surface area contributed by atoms with E-state index in [0.29, 0.717) is 12.1 Å². The van der Waals surface area contributed by atoms with Crippen LogP contribution in [0, 0.1) is 12.7 Å². The van der Waals surface area contributed by atoms with E-state index in [2.05, 4.69) is 26.2 Å². The number of nitrogens with one attached hydrogen (secondary N) is 1. The quantitative estimate of drug-likeness (QED) is 0.869. The van der Waals surface area contributed by atoms with Crippen molar-refractivity contribution in [2.45, 2.75) is 13.5 Å². The maximum atomic E-state index is 13.3. The van der Waals surface area contributed by atoms with Crippen molar-refractivity contribution in [1.82, 2.24) is 4.98 Å². The number of pyridine rings is 1. The molecule has 0 saturated heterocycles. The van der Waals surface area contributed by atoms with Crippen molar-refractivity contribution in [3.8, 4) is 0 Å². The molecule has 1 aromatic carbocycles. The van der Waals surface area contributed by atoms with Crippen LogP contribution >= 0.6 is 15.9 Å². The summed E-state index contributed by atoms with van der Waals surface area (Å²) < 4.78 is 14.1. The fourth-order valence-corrected chi connectivity index (χ4v) is 1.91. The van der Waals surface area contributed by atoms with Gasteiger partial charge < -0.3 is 5.32 Å². The molecule has 0 aliphatic carbocycles. The van der Waals surface area contributed by atoms with Gasteiger partial charge in [0.05, 0.1) is 12.2 Å². The van der Waals surface area contributed by atoms with E-state index in [1.165, 1.54) is 6.07 Å². The molecule has 0 atom stereocenters. The second-order valence-corrected chi connectivity index (χ2v) is 4.53. The van der Waals surface area contributed by atoms with Gasteiger partial charge in [-0.1, -0.05) is 12.1 Å². The molecular formula is C13H12BrFN2. The molecule has 0 saturated carbocycles. The van der Waals surface area contributed by atoms with Gasteiger partial charge >= 0.3 is 0 Å². The predicted octanol–water partition coefficient (Wildman–Crippen LogP) is 3.90. The van der Waals surface area contributed by atoms with Crippen LogP contribution in [0.4, 0.5) is 10.1 Å². The fraction of sp³-hybridized carbons (Fsp3) is 0.154. The van der Waals surface area contributed by atoms with E-state index in [1.807, 2.05) is 24.3 Å². The smallest absolute Gasteiger partial charge is 0.128 e. The molecule has 1 aromatic heterocycles. The van der Waals surface area contributed by atoms with E-state index in [9.17, 15) is 4.39 Å². The Morgan fingerprint density at radius 2 is 2.00 bits per heavy atom. The Balaban J connectivity index is 2.10. The SMILES string of the molecule is Cc1c(F)cccc1NCc1cccc(Br)n1. The second-order valence-electron chi connectivity index (χ2n) is 3.72. The predicted molar refractivity (Wildman–Crippen MR) is 70.4 cm³/mol. The molecule has 88 valence electrons. The molecular weight excluding hydrogens is 283 g/mol. The van der Waals surface area contributed by atoms with E-state index in [0.717, 1.165) is 16.0 Å². The summed E-state index contributed by atoms with van der Waals surface area (Å²) in [5.41, 5.74) is 2.33. The molecule has 4 heteroatoms. The summed E-state index contributed by atoms with van der Waals surface area (Å²) in [6.45, 7) is 2.33. The number of rotatable bonds is 3. The third-order valence-corrected chi connectivity index (χ3v) is 2.94. The molecule has 2 nitrogen and oxygen atoms in total. The Hall–Kier alpha value is -1.42. The van der Waals surface area contributed by atoms with Gasteiger partial charge in [-0.05, 0) is 47.1 Å². The zero-order chi connectivity index (χ0) is 12.3. The lowest BCUT2D eigenvalue weighted by Gasteiger charge is -2.09. The highest BCUT2D eigenvalue weighted by atomic mass is 79.9. The van der Waals surface area contributed by atoms with Crippen LogP contribution in [-0.4, -0.2) is 4.98 Å². The van der Waals surface area contributed by atoms with Gasteiger partial charge in [0.2, 0.25) is 0 Å². The molecule has 0 aliphatic heterocycles. The molecule has 0 radical (unpaired) electrons. The second kappa shape index (κ2) is 5.27. The van der Waals surface area contributed by atoms with Crippen molar-refractivity contribution in [3.63, 3.8) is 0 Å². The van der Waals surface area contributed by atoms with Crippen LogP contribution in [0.15, 0.2) is 41.0 Å². The number of anilines is 1. The van der Waals surface area contributed by atoms with Gasteiger partial charge in [-0.2, -0.15) is 0 Å². The molecule has 0 amide bonds. The summed E-state index contributed by atoms with van der Waals surface area (Å²) in [4.78, 5) is 4.30. The van der Waals surface area contributed by atoms with Gasteiger partial charge in [0, 0.05) is 11.3 Å². The Morgan fingerprint density at radius 3 is 2.76 bits per heavy atom. The zero-order valence-corrected chi connectivity index (χ0v) is 11.0. The number of halogens is 2. The van der Waals surface area contributed by atoms with Crippen molar-refractivity contribution in [3.05, 3.63) is 58.1 Å². The van der Waals surface area contributed by atoms with Crippen LogP contribution in [0.5, 0.6) is 0 Å². The Kier molecular flexibility index (Phi) is 3.74. The minimum atomic E-state index is -0.197. The number of hydrogen-bond acceptors (Lipinski definition) is 2. The number of nitrogens with zero attached hydrogens (tertiary/aromatic N) is 1. The largest absolute Gasteiger partial charge is 0.379 e. The minimum Gasteiger partial charge on any atom is -0.379 e. The molecule has 0 bridgehead atoms. The lowest BCUT2D eigenvalue weighted by molar-refractivity contribution is 0.619. The molecule has 17 heavy (non-hydrogen) atoms.